The van der Waals surface area contributed by atoms with Gasteiger partial charge in [0.15, 0.2) is 4.87 Å². The summed E-state index contributed by atoms with van der Waals surface area (Å²) in [4.78, 5) is 29.4. The lowest BCUT2D eigenvalue weighted by Crippen LogP contribution is -2.50. The second-order valence-electron chi connectivity index (χ2n) is 7.86. The van der Waals surface area contributed by atoms with Gasteiger partial charge in [-0.15, -0.1) is 11.8 Å². The van der Waals surface area contributed by atoms with Crippen LogP contribution in [0, 0.1) is 17.2 Å². The Morgan fingerprint density at radius 2 is 2.03 bits per heavy atom. The van der Waals surface area contributed by atoms with Crippen molar-refractivity contribution in [1.29, 1.82) is 5.26 Å². The van der Waals surface area contributed by atoms with Crippen molar-refractivity contribution >= 4 is 29.3 Å². The van der Waals surface area contributed by atoms with Crippen LogP contribution in [0.1, 0.15) is 37.0 Å². The summed E-state index contributed by atoms with van der Waals surface area (Å²) >= 11 is 1.55. The van der Waals surface area contributed by atoms with E-state index in [1.54, 1.807) is 27.6 Å². The van der Waals surface area contributed by atoms with E-state index in [0.29, 0.717) is 25.1 Å². The molecule has 6 heteroatoms. The van der Waals surface area contributed by atoms with Crippen LogP contribution in [0.15, 0.2) is 48.5 Å². The van der Waals surface area contributed by atoms with Gasteiger partial charge in [-0.1, -0.05) is 44.2 Å². The molecule has 1 spiro atoms. The molecule has 5 nitrogen and oxygen atoms in total. The number of amides is 2. The Morgan fingerprint density at radius 3 is 2.79 bits per heavy atom. The molecule has 1 saturated heterocycles. The van der Waals surface area contributed by atoms with Gasteiger partial charge < -0.3 is 9.80 Å². The predicted octanol–water partition coefficient (Wildman–Crippen LogP) is 3.88. The van der Waals surface area contributed by atoms with E-state index in [2.05, 4.69) is 6.07 Å². The third kappa shape index (κ3) is 3.20. The fourth-order valence-corrected chi connectivity index (χ4v) is 5.64. The van der Waals surface area contributed by atoms with Gasteiger partial charge in [-0.05, 0) is 29.7 Å². The van der Waals surface area contributed by atoms with Crippen molar-refractivity contribution in [3.05, 3.63) is 65.2 Å². The van der Waals surface area contributed by atoms with E-state index in [-0.39, 0.29) is 17.7 Å². The number of fused-ring (bicyclic) bond motifs is 2. The van der Waals surface area contributed by atoms with Gasteiger partial charge in [-0.2, -0.15) is 5.26 Å². The summed E-state index contributed by atoms with van der Waals surface area (Å²) in [7, 11) is 0. The normalized spacial score (nSPS) is 20.4. The average Bonchev–Trinajstić information content (AvgIpc) is 3.25. The molecule has 2 aromatic carbocycles. The van der Waals surface area contributed by atoms with Crippen LogP contribution in [0.5, 0.6) is 0 Å². The lowest BCUT2D eigenvalue weighted by molar-refractivity contribution is -0.140. The average molecular weight is 406 g/mol. The molecule has 0 saturated carbocycles. The first-order valence-electron chi connectivity index (χ1n) is 9.82. The highest BCUT2D eigenvalue weighted by atomic mass is 32.2. The summed E-state index contributed by atoms with van der Waals surface area (Å²) in [6.45, 7) is 4.99. The minimum atomic E-state index is -0.977. The van der Waals surface area contributed by atoms with E-state index in [1.165, 1.54) is 0 Å². The van der Waals surface area contributed by atoms with Crippen LogP contribution in [0.4, 0.5) is 5.69 Å². The SMILES string of the molecule is CC(C)CC(=O)N1CCS[C@]12C(=O)N(Cc1cccc(C#N)c1)c1ccccc12. The fourth-order valence-electron chi connectivity index (χ4n) is 4.16. The monoisotopic (exact) mass is 405 g/mol. The van der Waals surface area contributed by atoms with Gasteiger partial charge >= 0.3 is 0 Å². The summed E-state index contributed by atoms with van der Waals surface area (Å²) in [5.74, 6) is 0.936. The number of benzene rings is 2. The van der Waals surface area contributed by atoms with Gasteiger partial charge in [0.1, 0.15) is 0 Å². The van der Waals surface area contributed by atoms with Crippen LogP contribution < -0.4 is 4.90 Å². The zero-order valence-corrected chi connectivity index (χ0v) is 17.4. The van der Waals surface area contributed by atoms with Crippen molar-refractivity contribution < 1.29 is 9.59 Å². The molecule has 2 aliphatic heterocycles. The maximum atomic E-state index is 13.8. The molecule has 0 aromatic heterocycles. The van der Waals surface area contributed by atoms with Crippen LogP contribution in [-0.4, -0.2) is 29.0 Å². The Kier molecular flexibility index (Phi) is 5.10. The number of rotatable bonds is 4. The van der Waals surface area contributed by atoms with E-state index in [4.69, 9.17) is 0 Å². The first kappa shape index (κ1) is 19.5. The molecule has 0 radical (unpaired) electrons. The van der Waals surface area contributed by atoms with Crippen molar-refractivity contribution in [2.24, 2.45) is 5.92 Å². The highest BCUT2D eigenvalue weighted by molar-refractivity contribution is 8.01. The number of thioether (sulfide) groups is 1. The van der Waals surface area contributed by atoms with E-state index >= 15 is 0 Å². The van der Waals surface area contributed by atoms with Gasteiger partial charge in [0, 0.05) is 24.3 Å². The Bertz CT molecular complexity index is 1010. The predicted molar refractivity (Wildman–Crippen MR) is 114 cm³/mol. The molecule has 0 aliphatic carbocycles. The molecule has 2 amide bonds. The molecule has 29 heavy (non-hydrogen) atoms. The quantitative estimate of drug-likeness (QED) is 0.774. The van der Waals surface area contributed by atoms with E-state index in [9.17, 15) is 14.9 Å². The van der Waals surface area contributed by atoms with Crippen molar-refractivity contribution in [1.82, 2.24) is 4.90 Å². The first-order chi connectivity index (χ1) is 14.0. The van der Waals surface area contributed by atoms with Gasteiger partial charge in [0.25, 0.3) is 5.91 Å². The minimum Gasteiger partial charge on any atom is -0.315 e. The van der Waals surface area contributed by atoms with Gasteiger partial charge in [0.05, 0.1) is 23.9 Å². The van der Waals surface area contributed by atoms with Crippen LogP contribution >= 0.6 is 11.8 Å². The summed E-state index contributed by atoms with van der Waals surface area (Å²) in [5.41, 5.74) is 3.20. The first-order valence-corrected chi connectivity index (χ1v) is 10.8. The van der Waals surface area contributed by atoms with Crippen molar-refractivity contribution in [3.8, 4) is 6.07 Å². The highest BCUT2D eigenvalue weighted by Crippen LogP contribution is 2.54. The molecular formula is C23H23N3O2S. The number of nitriles is 1. The lowest BCUT2D eigenvalue weighted by Gasteiger charge is -2.33. The van der Waals surface area contributed by atoms with Crippen LogP contribution in [-0.2, 0) is 21.0 Å². The topological polar surface area (TPSA) is 64.4 Å². The van der Waals surface area contributed by atoms with Crippen molar-refractivity contribution in [3.63, 3.8) is 0 Å². The molecule has 2 aliphatic rings. The standard InChI is InChI=1S/C23H23N3O2S/c1-16(2)12-21(27)26-10-11-29-23(26)19-8-3-4-9-20(19)25(22(23)28)15-18-7-5-6-17(13-18)14-24/h3-9,13,16H,10-12,15H2,1-2H3/t23-/m1/s1. The maximum absolute atomic E-state index is 13.8. The smallest absolute Gasteiger partial charge is 0.268 e. The molecule has 0 unspecified atom stereocenters. The molecule has 1 atom stereocenters. The zero-order valence-electron chi connectivity index (χ0n) is 16.6. The molecule has 2 heterocycles. The summed E-state index contributed by atoms with van der Waals surface area (Å²) in [6.07, 6.45) is 0.433. The second kappa shape index (κ2) is 7.57. The largest absolute Gasteiger partial charge is 0.315 e. The molecule has 1 fully saturated rings. The van der Waals surface area contributed by atoms with Crippen LogP contribution in [0.2, 0.25) is 0 Å². The molecule has 4 rings (SSSR count). The fraction of sp³-hybridized carbons (Fsp3) is 0.348. The van der Waals surface area contributed by atoms with E-state index in [0.717, 1.165) is 22.6 Å². The Hall–Kier alpha value is -2.78. The maximum Gasteiger partial charge on any atom is 0.268 e. The number of carbonyl (C=O) groups excluding carboxylic acids is 2. The van der Waals surface area contributed by atoms with Gasteiger partial charge in [-0.3, -0.25) is 9.59 Å². The van der Waals surface area contributed by atoms with E-state index in [1.807, 2.05) is 56.3 Å². The van der Waals surface area contributed by atoms with Gasteiger partial charge in [0.2, 0.25) is 5.91 Å². The molecular weight excluding hydrogens is 382 g/mol. The lowest BCUT2D eigenvalue weighted by atomic mass is 10.0. The van der Waals surface area contributed by atoms with Gasteiger partial charge in [-0.25, -0.2) is 0 Å². The Balaban J connectivity index is 1.75. The third-order valence-electron chi connectivity index (χ3n) is 5.38. The molecule has 0 bridgehead atoms. The summed E-state index contributed by atoms with van der Waals surface area (Å²) < 4.78 is 0. The number of carbonyl (C=O) groups is 2. The number of para-hydroxylation sites is 1. The third-order valence-corrected chi connectivity index (χ3v) is 6.80. The van der Waals surface area contributed by atoms with Crippen LogP contribution in [0.3, 0.4) is 0 Å². The zero-order chi connectivity index (χ0) is 20.6. The number of nitrogens with zero attached hydrogens (tertiary/aromatic N) is 3. The Morgan fingerprint density at radius 1 is 1.24 bits per heavy atom. The molecule has 0 N–H and O–H groups in total. The number of anilines is 1. The van der Waals surface area contributed by atoms with Crippen molar-refractivity contribution in [2.45, 2.75) is 31.7 Å². The second-order valence-corrected chi connectivity index (χ2v) is 9.14. The number of hydrogen-bond acceptors (Lipinski definition) is 4. The molecule has 2 aromatic rings. The number of hydrogen-bond donors (Lipinski definition) is 0. The summed E-state index contributed by atoms with van der Waals surface area (Å²) in [6, 6.07) is 17.2. The molecule has 148 valence electrons. The van der Waals surface area contributed by atoms with Crippen molar-refractivity contribution in [2.75, 3.05) is 17.2 Å². The van der Waals surface area contributed by atoms with E-state index < -0.39 is 4.87 Å². The van der Waals surface area contributed by atoms with Crippen LogP contribution in [0.25, 0.3) is 0 Å². The minimum absolute atomic E-state index is 0.0291. The Labute approximate surface area is 175 Å². The highest BCUT2D eigenvalue weighted by Gasteiger charge is 2.59. The summed E-state index contributed by atoms with van der Waals surface area (Å²) in [5, 5.41) is 9.19.